The van der Waals surface area contributed by atoms with Crippen molar-refractivity contribution >= 4 is 5.57 Å². The number of nitrogens with zero attached hydrogens (tertiary/aromatic N) is 1. The van der Waals surface area contributed by atoms with E-state index in [1.54, 1.807) is 20.3 Å². The minimum atomic E-state index is 0.285. The van der Waals surface area contributed by atoms with E-state index in [4.69, 9.17) is 14.7 Å². The maximum Gasteiger partial charge on any atom is 0.161 e. The zero-order valence-corrected chi connectivity index (χ0v) is 10.7. The molecule has 0 saturated heterocycles. The Kier molecular flexibility index (Phi) is 4.59. The first kappa shape index (κ1) is 13.1. The summed E-state index contributed by atoms with van der Waals surface area (Å²) in [5.41, 5.74) is 1.98. The summed E-state index contributed by atoms with van der Waals surface area (Å²) in [4.78, 5) is 0. The minimum absolute atomic E-state index is 0.285. The lowest BCUT2D eigenvalue weighted by molar-refractivity contribution is 0.355. The summed E-state index contributed by atoms with van der Waals surface area (Å²) in [5.74, 6) is 1.65. The van der Waals surface area contributed by atoms with Crippen molar-refractivity contribution in [1.82, 2.24) is 0 Å². The second-order valence-electron chi connectivity index (χ2n) is 3.95. The molecule has 0 aliphatic rings. The van der Waals surface area contributed by atoms with Crippen LogP contribution in [0.2, 0.25) is 0 Å². The molecule has 0 spiro atoms. The van der Waals surface area contributed by atoms with E-state index in [1.807, 2.05) is 18.2 Å². The van der Waals surface area contributed by atoms with E-state index in [-0.39, 0.29) is 5.92 Å². The summed E-state index contributed by atoms with van der Waals surface area (Å²) in [6.07, 6.45) is 1.58. The van der Waals surface area contributed by atoms with E-state index in [0.717, 1.165) is 11.1 Å². The molecule has 17 heavy (non-hydrogen) atoms. The topological polar surface area (TPSA) is 42.2 Å². The largest absolute Gasteiger partial charge is 0.493 e. The quantitative estimate of drug-likeness (QED) is 0.747. The van der Waals surface area contributed by atoms with Gasteiger partial charge in [0.05, 0.1) is 20.3 Å². The number of methoxy groups -OCH3 is 2. The molecule has 0 radical (unpaired) electrons. The molecule has 0 unspecified atom stereocenters. The minimum Gasteiger partial charge on any atom is -0.493 e. The predicted octanol–water partition coefficient (Wildman–Crippen LogP) is 3.27. The second kappa shape index (κ2) is 5.95. The van der Waals surface area contributed by atoms with Gasteiger partial charge < -0.3 is 9.47 Å². The zero-order valence-electron chi connectivity index (χ0n) is 10.7. The molecule has 0 amide bonds. The van der Waals surface area contributed by atoms with Crippen LogP contribution in [0.15, 0.2) is 24.3 Å². The summed E-state index contributed by atoms with van der Waals surface area (Å²) >= 11 is 0. The first-order valence-corrected chi connectivity index (χ1v) is 5.46. The van der Waals surface area contributed by atoms with E-state index in [1.165, 1.54) is 0 Å². The average Bonchev–Trinajstić information content (AvgIpc) is 2.34. The van der Waals surface area contributed by atoms with Crippen LogP contribution in [-0.4, -0.2) is 14.2 Å². The predicted molar refractivity (Wildman–Crippen MR) is 68.0 cm³/mol. The van der Waals surface area contributed by atoms with Crippen LogP contribution in [0.4, 0.5) is 0 Å². The molecule has 0 aliphatic carbocycles. The van der Waals surface area contributed by atoms with Gasteiger partial charge in [0, 0.05) is 6.08 Å². The van der Waals surface area contributed by atoms with E-state index in [0.29, 0.717) is 11.5 Å². The molecular formula is C14H17NO2. The average molecular weight is 231 g/mol. The van der Waals surface area contributed by atoms with Crippen molar-refractivity contribution < 1.29 is 9.47 Å². The molecule has 1 aromatic rings. The molecule has 0 saturated carbocycles. The van der Waals surface area contributed by atoms with E-state index < -0.39 is 0 Å². The Labute approximate surface area is 102 Å². The van der Waals surface area contributed by atoms with E-state index >= 15 is 0 Å². The normalized spacial score (nSPS) is 11.2. The second-order valence-corrected chi connectivity index (χ2v) is 3.95. The zero-order chi connectivity index (χ0) is 12.8. The Morgan fingerprint density at radius 1 is 1.24 bits per heavy atom. The fraction of sp³-hybridized carbons (Fsp3) is 0.357. The van der Waals surface area contributed by atoms with Gasteiger partial charge in [-0.15, -0.1) is 0 Å². The molecule has 0 heterocycles. The van der Waals surface area contributed by atoms with Crippen molar-refractivity contribution in [2.24, 2.45) is 5.92 Å². The number of rotatable bonds is 4. The summed E-state index contributed by atoms with van der Waals surface area (Å²) < 4.78 is 10.4. The van der Waals surface area contributed by atoms with Crippen molar-refractivity contribution in [2.75, 3.05) is 14.2 Å². The Balaban J connectivity index is 3.23. The van der Waals surface area contributed by atoms with Crippen LogP contribution >= 0.6 is 0 Å². The van der Waals surface area contributed by atoms with Gasteiger partial charge >= 0.3 is 0 Å². The summed E-state index contributed by atoms with van der Waals surface area (Å²) in [5, 5.41) is 8.79. The molecule has 0 fully saturated rings. The fourth-order valence-electron chi connectivity index (χ4n) is 1.67. The van der Waals surface area contributed by atoms with Crippen molar-refractivity contribution in [1.29, 1.82) is 5.26 Å². The standard InChI is InChI=1S/C14H17NO2/c1-10(2)12(7-8-15)11-5-6-13(16-3)14(9-11)17-4/h5-7,9-10H,1-4H3/b12-7+. The Bertz CT molecular complexity index is 456. The Morgan fingerprint density at radius 2 is 1.88 bits per heavy atom. The van der Waals surface area contributed by atoms with Gasteiger partial charge in [-0.05, 0) is 29.2 Å². The lowest BCUT2D eigenvalue weighted by atomic mass is 9.95. The monoisotopic (exact) mass is 231 g/mol. The molecular weight excluding hydrogens is 214 g/mol. The van der Waals surface area contributed by atoms with Gasteiger partial charge in [0.25, 0.3) is 0 Å². The first-order chi connectivity index (χ1) is 8.13. The van der Waals surface area contributed by atoms with Gasteiger partial charge in [0.1, 0.15) is 0 Å². The Hall–Kier alpha value is -1.95. The van der Waals surface area contributed by atoms with Crippen molar-refractivity contribution in [3.05, 3.63) is 29.8 Å². The highest BCUT2D eigenvalue weighted by molar-refractivity contribution is 5.71. The highest BCUT2D eigenvalue weighted by Gasteiger charge is 2.10. The van der Waals surface area contributed by atoms with Crippen LogP contribution < -0.4 is 9.47 Å². The fourth-order valence-corrected chi connectivity index (χ4v) is 1.67. The summed E-state index contributed by atoms with van der Waals surface area (Å²) in [7, 11) is 3.21. The summed E-state index contributed by atoms with van der Waals surface area (Å²) in [6.45, 7) is 4.11. The van der Waals surface area contributed by atoms with Crippen LogP contribution in [0, 0.1) is 17.2 Å². The number of benzene rings is 1. The first-order valence-electron chi connectivity index (χ1n) is 5.46. The third-order valence-electron chi connectivity index (χ3n) is 2.56. The third-order valence-corrected chi connectivity index (χ3v) is 2.56. The van der Waals surface area contributed by atoms with Crippen molar-refractivity contribution in [3.63, 3.8) is 0 Å². The lowest BCUT2D eigenvalue weighted by Gasteiger charge is -2.13. The van der Waals surface area contributed by atoms with E-state index in [2.05, 4.69) is 19.9 Å². The Morgan fingerprint density at radius 3 is 2.35 bits per heavy atom. The SMILES string of the molecule is COc1ccc(/C(=C/C#N)C(C)C)cc1OC. The van der Waals surface area contributed by atoms with E-state index in [9.17, 15) is 0 Å². The molecule has 0 aliphatic heterocycles. The number of hydrogen-bond acceptors (Lipinski definition) is 3. The maximum atomic E-state index is 8.79. The van der Waals surface area contributed by atoms with Crippen molar-refractivity contribution in [2.45, 2.75) is 13.8 Å². The molecule has 0 atom stereocenters. The molecule has 3 nitrogen and oxygen atoms in total. The van der Waals surface area contributed by atoms with Gasteiger partial charge in [-0.1, -0.05) is 19.9 Å². The molecule has 0 bridgehead atoms. The van der Waals surface area contributed by atoms with Crippen LogP contribution in [0.1, 0.15) is 19.4 Å². The van der Waals surface area contributed by atoms with Gasteiger partial charge in [-0.2, -0.15) is 5.26 Å². The van der Waals surface area contributed by atoms with Crippen LogP contribution in [-0.2, 0) is 0 Å². The molecule has 90 valence electrons. The van der Waals surface area contributed by atoms with Gasteiger partial charge in [0.15, 0.2) is 11.5 Å². The van der Waals surface area contributed by atoms with Crippen molar-refractivity contribution in [3.8, 4) is 17.6 Å². The number of hydrogen-bond donors (Lipinski definition) is 0. The van der Waals surface area contributed by atoms with Crippen LogP contribution in [0.25, 0.3) is 5.57 Å². The third kappa shape index (κ3) is 3.01. The maximum absolute atomic E-state index is 8.79. The number of nitriles is 1. The molecule has 1 rings (SSSR count). The van der Waals surface area contributed by atoms with Crippen LogP contribution in [0.5, 0.6) is 11.5 Å². The van der Waals surface area contributed by atoms with Crippen LogP contribution in [0.3, 0.4) is 0 Å². The molecule has 1 aromatic carbocycles. The number of allylic oxidation sites excluding steroid dienone is 2. The van der Waals surface area contributed by atoms with Gasteiger partial charge in [0.2, 0.25) is 0 Å². The highest BCUT2D eigenvalue weighted by Crippen LogP contribution is 2.32. The summed E-state index contributed by atoms with van der Waals surface area (Å²) in [6, 6.07) is 7.75. The lowest BCUT2D eigenvalue weighted by Crippen LogP contribution is -1.96. The van der Waals surface area contributed by atoms with Gasteiger partial charge in [-0.3, -0.25) is 0 Å². The molecule has 3 heteroatoms. The smallest absolute Gasteiger partial charge is 0.161 e. The molecule has 0 N–H and O–H groups in total. The molecule has 0 aromatic heterocycles. The number of ether oxygens (including phenoxy) is 2. The highest BCUT2D eigenvalue weighted by atomic mass is 16.5. The van der Waals surface area contributed by atoms with Gasteiger partial charge in [-0.25, -0.2) is 0 Å².